The minimum atomic E-state index is 0.314. The lowest BCUT2D eigenvalue weighted by Gasteiger charge is -2.33. The molecule has 27 heavy (non-hydrogen) atoms. The quantitative estimate of drug-likeness (QED) is 0.594. The van der Waals surface area contributed by atoms with Crippen molar-refractivity contribution in [1.29, 1.82) is 0 Å². The number of nitrogens with zero attached hydrogens (tertiary/aromatic N) is 7. The van der Waals surface area contributed by atoms with E-state index in [0.29, 0.717) is 18.6 Å². The Morgan fingerprint density at radius 2 is 1.93 bits per heavy atom. The highest BCUT2D eigenvalue weighted by atomic mass is 15.3. The van der Waals surface area contributed by atoms with Gasteiger partial charge >= 0.3 is 0 Å². The van der Waals surface area contributed by atoms with Crippen molar-refractivity contribution in [2.45, 2.75) is 51.2 Å². The van der Waals surface area contributed by atoms with Crippen LogP contribution in [0.2, 0.25) is 0 Å². The Morgan fingerprint density at radius 1 is 1.15 bits per heavy atom. The van der Waals surface area contributed by atoms with Crippen LogP contribution in [0.25, 0.3) is 0 Å². The fraction of sp³-hybridized carbons (Fsp3) is 0.611. The maximum atomic E-state index is 4.76. The zero-order valence-electron chi connectivity index (χ0n) is 16.0. The highest BCUT2D eigenvalue weighted by molar-refractivity contribution is 5.80. The Morgan fingerprint density at radius 3 is 2.63 bits per heavy atom. The van der Waals surface area contributed by atoms with Crippen molar-refractivity contribution < 1.29 is 0 Å². The standard InChI is InChI=1S/C18H27N9/c1-13-24-25-16(26(13)2)11-21-17(22-14-6-7-14)23-15-5-3-10-27(12-15)18-19-8-4-9-20-18/h4,8-9,14-15H,3,5-7,10-12H2,1-2H3,(H2,21,22,23). The molecule has 0 bridgehead atoms. The van der Waals surface area contributed by atoms with E-state index in [2.05, 4.69) is 35.7 Å². The first kappa shape index (κ1) is 17.7. The second kappa shape index (κ2) is 7.89. The predicted molar refractivity (Wildman–Crippen MR) is 103 cm³/mol. The Bertz CT molecular complexity index is 781. The molecule has 3 heterocycles. The molecule has 2 fully saturated rings. The number of aliphatic imine (C=N–C) groups is 1. The van der Waals surface area contributed by atoms with E-state index in [1.54, 1.807) is 12.4 Å². The highest BCUT2D eigenvalue weighted by Gasteiger charge is 2.26. The molecule has 0 spiro atoms. The molecule has 1 saturated carbocycles. The summed E-state index contributed by atoms with van der Waals surface area (Å²) in [6.07, 6.45) is 8.22. The molecular weight excluding hydrogens is 342 g/mol. The first-order chi connectivity index (χ1) is 13.2. The summed E-state index contributed by atoms with van der Waals surface area (Å²) in [6, 6.07) is 2.70. The normalized spacial score (nSPS) is 20.6. The summed E-state index contributed by atoms with van der Waals surface area (Å²) in [4.78, 5) is 15.8. The van der Waals surface area contributed by atoms with E-state index in [9.17, 15) is 0 Å². The number of guanidine groups is 1. The molecule has 2 aromatic heterocycles. The van der Waals surface area contributed by atoms with Crippen LogP contribution in [0, 0.1) is 6.92 Å². The lowest BCUT2D eigenvalue weighted by Crippen LogP contribution is -2.52. The second-order valence-electron chi connectivity index (χ2n) is 7.28. The summed E-state index contributed by atoms with van der Waals surface area (Å²) in [7, 11) is 1.97. The van der Waals surface area contributed by atoms with Crippen LogP contribution in [0.5, 0.6) is 0 Å². The Labute approximate surface area is 159 Å². The van der Waals surface area contributed by atoms with Crippen LogP contribution < -0.4 is 15.5 Å². The molecule has 2 aliphatic rings. The number of rotatable bonds is 5. The molecule has 1 aliphatic heterocycles. The molecule has 0 amide bonds. The third-order valence-electron chi connectivity index (χ3n) is 5.08. The van der Waals surface area contributed by atoms with Crippen molar-refractivity contribution >= 4 is 11.9 Å². The van der Waals surface area contributed by atoms with Crippen molar-refractivity contribution in [3.63, 3.8) is 0 Å². The van der Waals surface area contributed by atoms with Crippen LogP contribution in [0.3, 0.4) is 0 Å². The number of aromatic nitrogens is 5. The first-order valence-electron chi connectivity index (χ1n) is 9.63. The van der Waals surface area contributed by atoms with Gasteiger partial charge in [-0.25, -0.2) is 15.0 Å². The lowest BCUT2D eigenvalue weighted by molar-refractivity contribution is 0.462. The summed E-state index contributed by atoms with van der Waals surface area (Å²) in [5, 5.41) is 15.4. The number of piperidine rings is 1. The molecule has 1 aliphatic carbocycles. The summed E-state index contributed by atoms with van der Waals surface area (Å²) < 4.78 is 1.98. The van der Waals surface area contributed by atoms with Gasteiger partial charge in [-0.15, -0.1) is 10.2 Å². The fourth-order valence-electron chi connectivity index (χ4n) is 3.22. The van der Waals surface area contributed by atoms with Gasteiger partial charge in [0, 0.05) is 44.6 Å². The summed E-state index contributed by atoms with van der Waals surface area (Å²) in [5.74, 6) is 3.43. The molecule has 0 aromatic carbocycles. The van der Waals surface area contributed by atoms with Crippen molar-refractivity contribution in [2.75, 3.05) is 18.0 Å². The third kappa shape index (κ3) is 4.53. The Kier molecular flexibility index (Phi) is 5.17. The Balaban J connectivity index is 1.41. The second-order valence-corrected chi connectivity index (χ2v) is 7.28. The molecule has 2 N–H and O–H groups in total. The number of hydrogen-bond donors (Lipinski definition) is 2. The molecule has 2 aromatic rings. The first-order valence-corrected chi connectivity index (χ1v) is 9.63. The van der Waals surface area contributed by atoms with Crippen molar-refractivity contribution in [1.82, 2.24) is 35.4 Å². The maximum Gasteiger partial charge on any atom is 0.225 e. The summed E-state index contributed by atoms with van der Waals surface area (Å²) >= 11 is 0. The predicted octanol–water partition coefficient (Wildman–Crippen LogP) is 0.780. The van der Waals surface area contributed by atoms with Gasteiger partial charge in [-0.2, -0.15) is 0 Å². The van der Waals surface area contributed by atoms with Crippen LogP contribution >= 0.6 is 0 Å². The molecule has 9 nitrogen and oxygen atoms in total. The molecule has 0 radical (unpaired) electrons. The largest absolute Gasteiger partial charge is 0.354 e. The monoisotopic (exact) mass is 369 g/mol. The van der Waals surface area contributed by atoms with Gasteiger partial charge in [0.1, 0.15) is 12.4 Å². The van der Waals surface area contributed by atoms with Gasteiger partial charge in [0.25, 0.3) is 0 Å². The lowest BCUT2D eigenvalue weighted by atomic mass is 10.1. The minimum absolute atomic E-state index is 0.314. The van der Waals surface area contributed by atoms with Gasteiger partial charge in [-0.3, -0.25) is 0 Å². The topological polar surface area (TPSA) is 96.2 Å². The smallest absolute Gasteiger partial charge is 0.225 e. The zero-order valence-corrected chi connectivity index (χ0v) is 16.0. The zero-order chi connectivity index (χ0) is 18.6. The van der Waals surface area contributed by atoms with E-state index >= 15 is 0 Å². The average molecular weight is 369 g/mol. The molecule has 1 saturated heterocycles. The van der Waals surface area contributed by atoms with Gasteiger partial charge < -0.3 is 20.1 Å². The summed E-state index contributed by atoms with van der Waals surface area (Å²) in [6.45, 7) is 4.32. The van der Waals surface area contributed by atoms with Crippen molar-refractivity contribution in [3.05, 3.63) is 30.1 Å². The van der Waals surface area contributed by atoms with E-state index < -0.39 is 0 Å². The molecule has 4 rings (SSSR count). The van der Waals surface area contributed by atoms with Gasteiger partial charge in [0.05, 0.1) is 0 Å². The van der Waals surface area contributed by atoms with Crippen LogP contribution in [-0.4, -0.2) is 55.9 Å². The SMILES string of the molecule is Cc1nnc(CN=C(NC2CC2)NC2CCCN(c3ncccn3)C2)n1C. The van der Waals surface area contributed by atoms with E-state index in [0.717, 1.165) is 49.5 Å². The van der Waals surface area contributed by atoms with Gasteiger partial charge in [-0.1, -0.05) is 0 Å². The number of hydrogen-bond acceptors (Lipinski definition) is 6. The van der Waals surface area contributed by atoms with Gasteiger partial charge in [-0.05, 0) is 38.7 Å². The highest BCUT2D eigenvalue weighted by Crippen LogP contribution is 2.19. The third-order valence-corrected chi connectivity index (χ3v) is 5.08. The minimum Gasteiger partial charge on any atom is -0.354 e. The van der Waals surface area contributed by atoms with E-state index in [1.165, 1.54) is 12.8 Å². The Hall–Kier alpha value is -2.71. The van der Waals surface area contributed by atoms with Crippen LogP contribution in [0.1, 0.15) is 37.3 Å². The van der Waals surface area contributed by atoms with Crippen molar-refractivity contribution in [2.24, 2.45) is 12.0 Å². The number of aryl methyl sites for hydroxylation is 1. The molecule has 9 heteroatoms. The molecular formula is C18H27N9. The van der Waals surface area contributed by atoms with Crippen LogP contribution in [0.4, 0.5) is 5.95 Å². The van der Waals surface area contributed by atoms with E-state index in [1.807, 2.05) is 24.6 Å². The molecule has 144 valence electrons. The van der Waals surface area contributed by atoms with Crippen LogP contribution in [0.15, 0.2) is 23.5 Å². The average Bonchev–Trinajstić information content (AvgIpc) is 3.46. The molecule has 1 atom stereocenters. The maximum absolute atomic E-state index is 4.76. The van der Waals surface area contributed by atoms with Gasteiger partial charge in [0.15, 0.2) is 11.8 Å². The van der Waals surface area contributed by atoms with E-state index in [-0.39, 0.29) is 0 Å². The fourth-order valence-corrected chi connectivity index (χ4v) is 3.22. The molecule has 1 unspecified atom stereocenters. The number of nitrogens with one attached hydrogen (secondary N) is 2. The summed E-state index contributed by atoms with van der Waals surface area (Å²) in [5.41, 5.74) is 0. The number of anilines is 1. The van der Waals surface area contributed by atoms with E-state index in [4.69, 9.17) is 4.99 Å². The van der Waals surface area contributed by atoms with Crippen LogP contribution in [-0.2, 0) is 13.6 Å². The van der Waals surface area contributed by atoms with Gasteiger partial charge in [0.2, 0.25) is 5.95 Å². The van der Waals surface area contributed by atoms with Crippen molar-refractivity contribution in [3.8, 4) is 0 Å².